The van der Waals surface area contributed by atoms with Crippen molar-refractivity contribution in [2.75, 3.05) is 25.0 Å². The smallest absolute Gasteiger partial charge is 0.376 e. The predicted molar refractivity (Wildman–Crippen MR) is 90.8 cm³/mol. The Labute approximate surface area is 154 Å². The van der Waals surface area contributed by atoms with Gasteiger partial charge in [-0.2, -0.15) is 13.2 Å². The van der Waals surface area contributed by atoms with Crippen LogP contribution in [0.1, 0.15) is 13.3 Å². The van der Waals surface area contributed by atoms with Crippen molar-refractivity contribution in [2.24, 2.45) is 11.8 Å². The van der Waals surface area contributed by atoms with Gasteiger partial charge in [-0.1, -0.05) is 18.5 Å². The number of aliphatic hydroxyl groups is 1. The molecule has 2 rings (SSSR count). The number of aliphatic hydroxyl groups excluding tert-OH is 1. The van der Waals surface area contributed by atoms with Gasteiger partial charge in [-0.3, -0.25) is 9.59 Å². The first-order valence-corrected chi connectivity index (χ1v) is 8.47. The van der Waals surface area contributed by atoms with E-state index in [4.69, 9.17) is 16.7 Å². The van der Waals surface area contributed by atoms with Gasteiger partial charge in [-0.15, -0.1) is 0 Å². The van der Waals surface area contributed by atoms with Crippen LogP contribution in [0, 0.1) is 11.8 Å². The van der Waals surface area contributed by atoms with Crippen LogP contribution < -0.4 is 4.90 Å². The summed E-state index contributed by atoms with van der Waals surface area (Å²) in [4.78, 5) is 27.0. The van der Waals surface area contributed by atoms with Crippen LogP contribution in [0.25, 0.3) is 0 Å². The lowest BCUT2D eigenvalue weighted by Gasteiger charge is -2.38. The molecule has 1 saturated heterocycles. The van der Waals surface area contributed by atoms with Gasteiger partial charge in [0.15, 0.2) is 0 Å². The summed E-state index contributed by atoms with van der Waals surface area (Å²) in [6, 6.07) is 6.71. The molecule has 1 fully saturated rings. The van der Waals surface area contributed by atoms with Crippen LogP contribution in [0.3, 0.4) is 0 Å². The van der Waals surface area contributed by atoms with Crippen LogP contribution in [-0.2, 0) is 9.59 Å². The van der Waals surface area contributed by atoms with Crippen molar-refractivity contribution in [2.45, 2.75) is 25.6 Å². The number of hydrogen-bond acceptors (Lipinski definition) is 3. The van der Waals surface area contributed by atoms with E-state index in [2.05, 4.69) is 0 Å². The van der Waals surface area contributed by atoms with E-state index in [-0.39, 0.29) is 31.3 Å². The van der Waals surface area contributed by atoms with Crippen LogP contribution in [0.2, 0.25) is 5.02 Å². The Morgan fingerprint density at radius 3 is 2.38 bits per heavy atom. The van der Waals surface area contributed by atoms with E-state index < -0.39 is 24.1 Å². The van der Waals surface area contributed by atoms with E-state index in [0.29, 0.717) is 10.7 Å². The fraction of sp³-hybridized carbons (Fsp3) is 0.529. The number of alkyl halides is 3. The van der Waals surface area contributed by atoms with Crippen molar-refractivity contribution >= 4 is 29.1 Å². The first-order chi connectivity index (χ1) is 12.0. The summed E-state index contributed by atoms with van der Waals surface area (Å²) in [6.45, 7) is 1.68. The first-order valence-electron chi connectivity index (χ1n) is 8.09. The molecule has 0 unspecified atom stereocenters. The molecule has 0 saturated carbocycles. The van der Waals surface area contributed by atoms with Gasteiger partial charge in [-0.05, 0) is 36.6 Å². The first kappa shape index (κ1) is 20.5. The highest BCUT2D eigenvalue weighted by atomic mass is 35.5. The molecule has 144 valence electrons. The molecule has 0 aromatic heterocycles. The second-order valence-electron chi connectivity index (χ2n) is 6.47. The van der Waals surface area contributed by atoms with Crippen molar-refractivity contribution in [1.29, 1.82) is 0 Å². The van der Waals surface area contributed by atoms with Gasteiger partial charge in [-0.25, -0.2) is 0 Å². The lowest BCUT2D eigenvalue weighted by atomic mass is 9.85. The molecule has 2 amide bonds. The third kappa shape index (κ3) is 4.48. The summed E-state index contributed by atoms with van der Waals surface area (Å²) >= 11 is 5.83. The van der Waals surface area contributed by atoms with Gasteiger partial charge in [0.25, 0.3) is 5.91 Å². The molecule has 3 atom stereocenters. The highest BCUT2D eigenvalue weighted by Gasteiger charge is 2.47. The summed E-state index contributed by atoms with van der Waals surface area (Å²) in [7, 11) is 1.61. The zero-order valence-electron chi connectivity index (χ0n) is 14.3. The monoisotopic (exact) mass is 392 g/mol. The SMILES string of the molecule is C[C@@H]1CN(C(=O)[C@@H](O)C(F)(F)F)CC[C@@H]1C(=O)N(C)c1ccc(Cl)cc1. The zero-order valence-corrected chi connectivity index (χ0v) is 15.1. The second-order valence-corrected chi connectivity index (χ2v) is 6.91. The number of anilines is 1. The van der Waals surface area contributed by atoms with Crippen molar-refractivity contribution in [3.63, 3.8) is 0 Å². The molecule has 0 spiro atoms. The Hall–Kier alpha value is -1.80. The third-order valence-corrected chi connectivity index (χ3v) is 4.87. The van der Waals surface area contributed by atoms with Crippen LogP contribution >= 0.6 is 11.6 Å². The van der Waals surface area contributed by atoms with Crippen molar-refractivity contribution in [3.8, 4) is 0 Å². The maximum atomic E-state index is 12.7. The van der Waals surface area contributed by atoms with Gasteiger partial charge in [0.1, 0.15) is 0 Å². The Morgan fingerprint density at radius 2 is 1.88 bits per heavy atom. The number of benzene rings is 1. The van der Waals surface area contributed by atoms with Gasteiger partial charge in [0.05, 0.1) is 0 Å². The fourth-order valence-corrected chi connectivity index (χ4v) is 3.19. The van der Waals surface area contributed by atoms with Crippen LogP contribution in [0.4, 0.5) is 18.9 Å². The van der Waals surface area contributed by atoms with E-state index >= 15 is 0 Å². The quantitative estimate of drug-likeness (QED) is 0.860. The molecule has 1 aromatic rings. The minimum Gasteiger partial charge on any atom is -0.376 e. The minimum absolute atomic E-state index is 0.0127. The number of likely N-dealkylation sites (tertiary alicyclic amines) is 1. The lowest BCUT2D eigenvalue weighted by Crippen LogP contribution is -2.53. The molecule has 26 heavy (non-hydrogen) atoms. The van der Waals surface area contributed by atoms with Crippen molar-refractivity contribution in [3.05, 3.63) is 29.3 Å². The number of amides is 2. The molecule has 1 heterocycles. The highest BCUT2D eigenvalue weighted by molar-refractivity contribution is 6.30. The summed E-state index contributed by atoms with van der Waals surface area (Å²) in [5.41, 5.74) is 0.651. The molecule has 0 aliphatic carbocycles. The van der Waals surface area contributed by atoms with E-state index in [1.807, 2.05) is 0 Å². The average Bonchev–Trinajstić information content (AvgIpc) is 2.59. The fourth-order valence-electron chi connectivity index (χ4n) is 3.07. The van der Waals surface area contributed by atoms with Gasteiger partial charge in [0, 0.05) is 36.8 Å². The Balaban J connectivity index is 2.03. The van der Waals surface area contributed by atoms with Gasteiger partial charge < -0.3 is 14.9 Å². The molecule has 0 bridgehead atoms. The van der Waals surface area contributed by atoms with Crippen LogP contribution in [0.5, 0.6) is 0 Å². The topological polar surface area (TPSA) is 60.9 Å². The number of piperidine rings is 1. The van der Waals surface area contributed by atoms with Gasteiger partial charge in [0.2, 0.25) is 12.0 Å². The van der Waals surface area contributed by atoms with Crippen LogP contribution in [-0.4, -0.2) is 54.2 Å². The van der Waals surface area contributed by atoms with Crippen LogP contribution in [0.15, 0.2) is 24.3 Å². The largest absolute Gasteiger partial charge is 0.423 e. The van der Waals surface area contributed by atoms with E-state index in [1.165, 1.54) is 4.90 Å². The second kappa shape index (κ2) is 7.84. The maximum Gasteiger partial charge on any atom is 0.423 e. The summed E-state index contributed by atoms with van der Waals surface area (Å²) in [5, 5.41) is 9.66. The molecule has 5 nitrogen and oxygen atoms in total. The van der Waals surface area contributed by atoms with Gasteiger partial charge >= 0.3 is 6.18 Å². The van der Waals surface area contributed by atoms with Crippen molar-refractivity contribution < 1.29 is 27.9 Å². The Morgan fingerprint density at radius 1 is 1.31 bits per heavy atom. The Kier molecular flexibility index (Phi) is 6.18. The predicted octanol–water partition coefficient (Wildman–Crippen LogP) is 2.71. The number of carbonyl (C=O) groups excluding carboxylic acids is 2. The highest BCUT2D eigenvalue weighted by Crippen LogP contribution is 2.29. The van der Waals surface area contributed by atoms with Crippen molar-refractivity contribution in [1.82, 2.24) is 4.90 Å². The molecular formula is C17H20ClF3N2O3. The molecule has 1 aliphatic heterocycles. The number of halogens is 4. The molecule has 1 aromatic carbocycles. The average molecular weight is 393 g/mol. The molecule has 1 N–H and O–H groups in total. The standard InChI is InChI=1S/C17H20ClF3N2O3/c1-10-9-23(16(26)14(24)17(19,20)21)8-7-13(10)15(25)22(2)12-5-3-11(18)4-6-12/h3-6,10,13-14,24H,7-9H2,1-2H3/t10-,13+,14-/m1/s1. The molecule has 9 heteroatoms. The third-order valence-electron chi connectivity index (χ3n) is 4.62. The summed E-state index contributed by atoms with van der Waals surface area (Å²) < 4.78 is 37.5. The normalized spacial score (nSPS) is 22.0. The minimum atomic E-state index is -5.00. The lowest BCUT2D eigenvalue weighted by molar-refractivity contribution is -0.211. The maximum absolute atomic E-state index is 12.7. The molecule has 1 aliphatic rings. The molecular weight excluding hydrogens is 373 g/mol. The number of nitrogens with zero attached hydrogens (tertiary/aromatic N) is 2. The van der Waals surface area contributed by atoms with E-state index in [9.17, 15) is 22.8 Å². The Bertz CT molecular complexity index is 666. The molecule has 0 radical (unpaired) electrons. The van der Waals surface area contributed by atoms with E-state index in [0.717, 1.165) is 4.90 Å². The number of carbonyl (C=O) groups is 2. The zero-order chi connectivity index (χ0) is 19.6. The number of hydrogen-bond donors (Lipinski definition) is 1. The summed E-state index contributed by atoms with van der Waals surface area (Å²) in [6.07, 6.45) is -7.80. The van der Waals surface area contributed by atoms with E-state index in [1.54, 1.807) is 38.2 Å². The summed E-state index contributed by atoms with van der Waals surface area (Å²) in [5.74, 6) is -2.32. The number of rotatable bonds is 3.